The summed E-state index contributed by atoms with van der Waals surface area (Å²) in [6.07, 6.45) is 21.4. The second-order valence-electron chi connectivity index (χ2n) is 11.0. The summed E-state index contributed by atoms with van der Waals surface area (Å²) < 4.78 is 60.1. The van der Waals surface area contributed by atoms with Crippen molar-refractivity contribution in [1.82, 2.24) is 0 Å². The molecule has 0 heterocycles. The minimum Gasteiger partial charge on any atom is -0.379 e. The van der Waals surface area contributed by atoms with Crippen LogP contribution in [0.25, 0.3) is 0 Å². The summed E-state index contributed by atoms with van der Waals surface area (Å²) in [6, 6.07) is 0. The molecule has 0 saturated heterocycles. The van der Waals surface area contributed by atoms with Crippen molar-refractivity contribution in [3.05, 3.63) is 0 Å². The summed E-state index contributed by atoms with van der Waals surface area (Å²) in [4.78, 5) is 0. The number of methoxy groups -OCH3 is 2. The second-order valence-corrected chi connectivity index (χ2v) is 12.7. The molecule has 0 bridgehead atoms. The third-order valence-electron chi connectivity index (χ3n) is 7.13. The summed E-state index contributed by atoms with van der Waals surface area (Å²) in [6.45, 7) is 7.43. The van der Waals surface area contributed by atoms with Crippen molar-refractivity contribution in [2.45, 2.75) is 128 Å². The fourth-order valence-electron chi connectivity index (χ4n) is 4.35. The van der Waals surface area contributed by atoms with Gasteiger partial charge in [0.05, 0.1) is 38.8 Å². The van der Waals surface area contributed by atoms with Crippen LogP contribution in [0.1, 0.15) is 117 Å². The lowest BCUT2D eigenvalue weighted by Gasteiger charge is -2.26. The molecule has 0 saturated carbocycles. The first kappa shape index (κ1) is 40.7. The van der Waals surface area contributed by atoms with Gasteiger partial charge in [-0.25, -0.2) is 0 Å². The Morgan fingerprint density at radius 2 is 1.10 bits per heavy atom. The highest BCUT2D eigenvalue weighted by Gasteiger charge is 2.23. The standard InChI is InChI=1S/C31H64O9S/c1-6-7-8-9-10-11-12-13-14-15-16-17-18-20-30(21-24-38-29-31(2,34-3)35-4)39-23-19-22-36-25-26-37-27-28-40-41(5,32)33/h30H,6-29H2,1-5H3. The maximum atomic E-state index is 10.9. The first-order valence-corrected chi connectivity index (χ1v) is 17.9. The summed E-state index contributed by atoms with van der Waals surface area (Å²) in [5.41, 5.74) is 0. The van der Waals surface area contributed by atoms with Crippen LogP contribution in [0.3, 0.4) is 0 Å². The molecule has 0 aromatic rings. The highest BCUT2D eigenvalue weighted by Crippen LogP contribution is 2.16. The highest BCUT2D eigenvalue weighted by molar-refractivity contribution is 7.85. The van der Waals surface area contributed by atoms with E-state index in [0.717, 1.165) is 25.5 Å². The van der Waals surface area contributed by atoms with Crippen LogP contribution < -0.4 is 0 Å². The van der Waals surface area contributed by atoms with Crippen LogP contribution in [0.15, 0.2) is 0 Å². The molecular weight excluding hydrogens is 548 g/mol. The number of ether oxygens (including phenoxy) is 6. The van der Waals surface area contributed by atoms with Crippen molar-refractivity contribution < 1.29 is 41.0 Å². The summed E-state index contributed by atoms with van der Waals surface area (Å²) in [5, 5.41) is 0. The number of hydrogen-bond acceptors (Lipinski definition) is 9. The quantitative estimate of drug-likeness (QED) is 0.0457. The van der Waals surface area contributed by atoms with Crippen LogP contribution in [0.5, 0.6) is 0 Å². The molecule has 0 aliphatic heterocycles. The SMILES string of the molecule is CCCCCCCCCCCCCCCC(CCOCC(C)(OC)OC)OCCCOCCOCCOS(C)(=O)=O. The molecule has 0 fully saturated rings. The Bertz CT molecular complexity index is 641. The fourth-order valence-corrected chi connectivity index (χ4v) is 4.72. The molecule has 41 heavy (non-hydrogen) atoms. The molecule has 0 rings (SSSR count). The van der Waals surface area contributed by atoms with Crippen LogP contribution in [-0.4, -0.2) is 93.6 Å². The van der Waals surface area contributed by atoms with Gasteiger partial charge in [-0.2, -0.15) is 8.42 Å². The Morgan fingerprint density at radius 3 is 1.63 bits per heavy atom. The molecular formula is C31H64O9S. The zero-order valence-corrected chi connectivity index (χ0v) is 27.9. The molecule has 0 spiro atoms. The first-order valence-electron chi connectivity index (χ1n) is 16.1. The fraction of sp³-hybridized carbons (Fsp3) is 1.00. The van der Waals surface area contributed by atoms with Crippen molar-refractivity contribution in [3.8, 4) is 0 Å². The Balaban J connectivity index is 4.01. The van der Waals surface area contributed by atoms with E-state index in [1.807, 2.05) is 6.92 Å². The number of hydrogen-bond donors (Lipinski definition) is 0. The van der Waals surface area contributed by atoms with Crippen LogP contribution in [0, 0.1) is 0 Å². The lowest BCUT2D eigenvalue weighted by molar-refractivity contribution is -0.223. The maximum Gasteiger partial charge on any atom is 0.264 e. The van der Waals surface area contributed by atoms with E-state index in [9.17, 15) is 8.42 Å². The van der Waals surface area contributed by atoms with E-state index in [-0.39, 0.29) is 19.3 Å². The van der Waals surface area contributed by atoms with Crippen LogP contribution in [0.4, 0.5) is 0 Å². The van der Waals surface area contributed by atoms with Crippen molar-refractivity contribution in [1.29, 1.82) is 0 Å². The molecule has 0 amide bonds. The minimum atomic E-state index is -3.42. The molecule has 1 unspecified atom stereocenters. The first-order chi connectivity index (χ1) is 19.8. The lowest BCUT2D eigenvalue weighted by Crippen LogP contribution is -2.35. The van der Waals surface area contributed by atoms with Gasteiger partial charge in [0.2, 0.25) is 0 Å². The third-order valence-corrected chi connectivity index (χ3v) is 7.72. The monoisotopic (exact) mass is 612 g/mol. The normalized spacial score (nSPS) is 13.2. The van der Waals surface area contributed by atoms with Gasteiger partial charge in [0.15, 0.2) is 5.79 Å². The van der Waals surface area contributed by atoms with E-state index in [2.05, 4.69) is 11.1 Å². The predicted octanol–water partition coefficient (Wildman–Crippen LogP) is 6.67. The number of unbranched alkanes of at least 4 members (excludes halogenated alkanes) is 12. The maximum absolute atomic E-state index is 10.9. The van der Waals surface area contributed by atoms with E-state index in [4.69, 9.17) is 28.4 Å². The Hall–Kier alpha value is -0.330. The molecule has 248 valence electrons. The average Bonchev–Trinajstić information content (AvgIpc) is 2.95. The van der Waals surface area contributed by atoms with Crippen molar-refractivity contribution in [2.75, 3.05) is 73.3 Å². The molecule has 10 heteroatoms. The van der Waals surface area contributed by atoms with Crippen molar-refractivity contribution >= 4 is 10.1 Å². The Morgan fingerprint density at radius 1 is 0.585 bits per heavy atom. The van der Waals surface area contributed by atoms with Gasteiger partial charge < -0.3 is 28.4 Å². The van der Waals surface area contributed by atoms with Gasteiger partial charge in [0.25, 0.3) is 10.1 Å². The second kappa shape index (κ2) is 28.4. The molecule has 0 N–H and O–H groups in total. The van der Waals surface area contributed by atoms with Gasteiger partial charge in [0.1, 0.15) is 6.61 Å². The van der Waals surface area contributed by atoms with Gasteiger partial charge in [-0.15, -0.1) is 0 Å². The topological polar surface area (TPSA) is 98.8 Å². The zero-order chi connectivity index (χ0) is 30.5. The van der Waals surface area contributed by atoms with E-state index in [0.29, 0.717) is 39.6 Å². The Labute approximate surface area is 252 Å². The lowest BCUT2D eigenvalue weighted by atomic mass is 10.0. The largest absolute Gasteiger partial charge is 0.379 e. The van der Waals surface area contributed by atoms with Gasteiger partial charge >= 0.3 is 0 Å². The van der Waals surface area contributed by atoms with Gasteiger partial charge in [-0.3, -0.25) is 4.18 Å². The van der Waals surface area contributed by atoms with Gasteiger partial charge in [-0.05, 0) is 26.2 Å². The molecule has 1 atom stereocenters. The Kier molecular flexibility index (Phi) is 28.2. The van der Waals surface area contributed by atoms with Crippen molar-refractivity contribution in [3.63, 3.8) is 0 Å². The van der Waals surface area contributed by atoms with Crippen LogP contribution in [0.2, 0.25) is 0 Å². The molecule has 0 aromatic heterocycles. The van der Waals surface area contributed by atoms with Crippen LogP contribution in [-0.2, 0) is 42.7 Å². The molecule has 0 aliphatic rings. The molecule has 9 nitrogen and oxygen atoms in total. The van der Waals surface area contributed by atoms with E-state index >= 15 is 0 Å². The van der Waals surface area contributed by atoms with E-state index in [1.165, 1.54) is 83.5 Å². The predicted molar refractivity (Wildman–Crippen MR) is 165 cm³/mol. The summed E-state index contributed by atoms with van der Waals surface area (Å²) in [5.74, 6) is -0.729. The van der Waals surface area contributed by atoms with Gasteiger partial charge in [0, 0.05) is 34.0 Å². The molecule has 0 radical (unpaired) electrons. The zero-order valence-electron chi connectivity index (χ0n) is 27.1. The third kappa shape index (κ3) is 29.5. The summed E-state index contributed by atoms with van der Waals surface area (Å²) >= 11 is 0. The molecule has 0 aromatic carbocycles. The number of rotatable bonds is 33. The van der Waals surface area contributed by atoms with Gasteiger partial charge in [-0.1, -0.05) is 90.4 Å². The van der Waals surface area contributed by atoms with E-state index < -0.39 is 15.9 Å². The van der Waals surface area contributed by atoms with Crippen LogP contribution >= 0.6 is 0 Å². The van der Waals surface area contributed by atoms with E-state index in [1.54, 1.807) is 14.2 Å². The van der Waals surface area contributed by atoms with Crippen molar-refractivity contribution in [2.24, 2.45) is 0 Å². The highest BCUT2D eigenvalue weighted by atomic mass is 32.2. The minimum absolute atomic E-state index is 0.0210. The summed E-state index contributed by atoms with van der Waals surface area (Å²) in [7, 11) is -0.177. The average molecular weight is 613 g/mol. The smallest absolute Gasteiger partial charge is 0.264 e. The molecule has 0 aliphatic carbocycles.